The number of fused-ring (bicyclic) bond motifs is 2. The summed E-state index contributed by atoms with van der Waals surface area (Å²) < 4.78 is 12.6. The van der Waals surface area contributed by atoms with Gasteiger partial charge in [0.2, 0.25) is 0 Å². The van der Waals surface area contributed by atoms with Crippen LogP contribution in [-0.2, 0) is 0 Å². The molecule has 0 amide bonds. The van der Waals surface area contributed by atoms with E-state index in [0.717, 1.165) is 18.1 Å². The fraction of sp³-hybridized carbons (Fsp3) is 1.00. The summed E-state index contributed by atoms with van der Waals surface area (Å²) in [6.07, 6.45) is 1.03. The summed E-state index contributed by atoms with van der Waals surface area (Å²) in [6, 6.07) is 0.708. The van der Waals surface area contributed by atoms with Gasteiger partial charge in [0.15, 0.2) is 0 Å². The molecule has 2 heterocycles. The van der Waals surface area contributed by atoms with Gasteiger partial charge in [0.25, 0.3) is 0 Å². The molecular formula is C6H11FN2. The van der Waals surface area contributed by atoms with Gasteiger partial charge in [-0.15, -0.1) is 9.60 Å². The average Bonchev–Trinajstić information content (AvgIpc) is 2.24. The maximum absolute atomic E-state index is 12.6. The number of likely N-dealkylation sites (N-methyl/N-ethyl adjacent to an activating group) is 1. The minimum absolute atomic E-state index is 0.208. The van der Waals surface area contributed by atoms with Crippen molar-refractivity contribution < 1.29 is 4.48 Å². The van der Waals surface area contributed by atoms with Crippen LogP contribution < -0.4 is 0 Å². The summed E-state index contributed by atoms with van der Waals surface area (Å²) in [4.78, 5) is 2.24. The Kier molecular flexibility index (Phi) is 1.04. The molecule has 0 aromatic carbocycles. The van der Waals surface area contributed by atoms with Gasteiger partial charge in [0.1, 0.15) is 0 Å². The molecule has 2 unspecified atom stereocenters. The van der Waals surface area contributed by atoms with Crippen molar-refractivity contribution in [3.63, 3.8) is 0 Å². The molecule has 0 spiro atoms. The molecule has 2 aliphatic rings. The molecule has 3 heteroatoms. The zero-order valence-corrected chi connectivity index (χ0v) is 5.55. The highest BCUT2D eigenvalue weighted by atomic mass is 19.2. The highest BCUT2D eigenvalue weighted by Gasteiger charge is 2.41. The maximum atomic E-state index is 12.6. The quantitative estimate of drug-likeness (QED) is 0.434. The van der Waals surface area contributed by atoms with Crippen molar-refractivity contribution in [3.8, 4) is 0 Å². The highest BCUT2D eigenvalue weighted by molar-refractivity contribution is 4.94. The molecular weight excluding hydrogens is 119 g/mol. The van der Waals surface area contributed by atoms with Crippen LogP contribution in [0.15, 0.2) is 0 Å². The van der Waals surface area contributed by atoms with Gasteiger partial charge < -0.3 is 4.90 Å². The first-order chi connectivity index (χ1) is 4.27. The van der Waals surface area contributed by atoms with Crippen molar-refractivity contribution in [1.82, 2.24) is 10.0 Å². The normalized spacial score (nSPS) is 44.7. The van der Waals surface area contributed by atoms with Crippen molar-refractivity contribution in [2.75, 3.05) is 20.1 Å². The molecule has 2 atom stereocenters. The Morgan fingerprint density at radius 3 is 2.44 bits per heavy atom. The number of hydrogen-bond donors (Lipinski definition) is 0. The predicted octanol–water partition coefficient (Wildman–Crippen LogP) is 0.259. The van der Waals surface area contributed by atoms with E-state index in [1.807, 2.05) is 0 Å². The minimum Gasteiger partial charge on any atom is -0.300 e. The second-order valence-corrected chi connectivity index (χ2v) is 3.07. The number of likely N-dealkylation sites (tertiary alicyclic amines) is 1. The van der Waals surface area contributed by atoms with Crippen LogP contribution >= 0.6 is 0 Å². The van der Waals surface area contributed by atoms with Gasteiger partial charge in [0.05, 0.1) is 6.04 Å². The molecule has 2 bridgehead atoms. The third kappa shape index (κ3) is 0.682. The highest BCUT2D eigenvalue weighted by Crippen LogP contribution is 2.28. The van der Waals surface area contributed by atoms with Gasteiger partial charge in [-0.1, -0.05) is 0 Å². The number of rotatable bonds is 0. The SMILES string of the molecule is CN1CC2CC1CN2F. The van der Waals surface area contributed by atoms with Crippen molar-refractivity contribution in [2.45, 2.75) is 18.5 Å². The lowest BCUT2D eigenvalue weighted by atomic mass is 10.2. The maximum Gasteiger partial charge on any atom is 0.0545 e. The first-order valence-corrected chi connectivity index (χ1v) is 3.40. The molecule has 9 heavy (non-hydrogen) atoms. The van der Waals surface area contributed by atoms with E-state index < -0.39 is 0 Å². The Hall–Kier alpha value is -0.150. The lowest BCUT2D eigenvalue weighted by Crippen LogP contribution is -2.40. The van der Waals surface area contributed by atoms with Crippen molar-refractivity contribution in [3.05, 3.63) is 0 Å². The fourth-order valence-electron chi connectivity index (χ4n) is 1.82. The zero-order chi connectivity index (χ0) is 6.43. The van der Waals surface area contributed by atoms with Gasteiger partial charge in [-0.05, 0) is 13.5 Å². The molecule has 0 aliphatic carbocycles. The van der Waals surface area contributed by atoms with Crippen LogP contribution in [0.1, 0.15) is 6.42 Å². The molecule has 0 N–H and O–H groups in total. The monoisotopic (exact) mass is 130 g/mol. The van der Waals surface area contributed by atoms with Crippen LogP contribution in [0.25, 0.3) is 0 Å². The Balaban J connectivity index is 2.10. The Morgan fingerprint density at radius 1 is 1.33 bits per heavy atom. The third-order valence-corrected chi connectivity index (χ3v) is 2.45. The van der Waals surface area contributed by atoms with E-state index in [2.05, 4.69) is 11.9 Å². The van der Waals surface area contributed by atoms with Crippen molar-refractivity contribution in [1.29, 1.82) is 0 Å². The molecule has 0 saturated carbocycles. The second kappa shape index (κ2) is 1.67. The third-order valence-electron chi connectivity index (χ3n) is 2.45. The molecule has 2 saturated heterocycles. The van der Waals surface area contributed by atoms with E-state index in [9.17, 15) is 4.48 Å². The topological polar surface area (TPSA) is 6.48 Å². The Labute approximate surface area is 54.2 Å². The number of piperazine rings is 1. The molecule has 0 radical (unpaired) electrons. The predicted molar refractivity (Wildman–Crippen MR) is 32.6 cm³/mol. The average molecular weight is 130 g/mol. The lowest BCUT2D eigenvalue weighted by Gasteiger charge is -2.25. The van der Waals surface area contributed by atoms with E-state index in [0.29, 0.717) is 12.6 Å². The molecule has 2 fully saturated rings. The van der Waals surface area contributed by atoms with Crippen molar-refractivity contribution in [2.24, 2.45) is 0 Å². The molecule has 2 rings (SSSR count). The largest absolute Gasteiger partial charge is 0.300 e. The van der Waals surface area contributed by atoms with Gasteiger partial charge in [-0.2, -0.15) is 0 Å². The van der Waals surface area contributed by atoms with Crippen molar-refractivity contribution >= 4 is 0 Å². The van der Waals surface area contributed by atoms with E-state index >= 15 is 0 Å². The van der Waals surface area contributed by atoms with E-state index in [4.69, 9.17) is 0 Å². The fourth-order valence-corrected chi connectivity index (χ4v) is 1.82. The van der Waals surface area contributed by atoms with Gasteiger partial charge in [-0.3, -0.25) is 0 Å². The van der Waals surface area contributed by atoms with Gasteiger partial charge >= 0.3 is 0 Å². The summed E-state index contributed by atoms with van der Waals surface area (Å²) in [6.45, 7) is 1.54. The summed E-state index contributed by atoms with van der Waals surface area (Å²) in [7, 11) is 2.07. The smallest absolute Gasteiger partial charge is 0.0545 e. The van der Waals surface area contributed by atoms with E-state index in [-0.39, 0.29) is 6.04 Å². The Morgan fingerprint density at radius 2 is 2.11 bits per heavy atom. The van der Waals surface area contributed by atoms with E-state index in [1.165, 1.54) is 0 Å². The second-order valence-electron chi connectivity index (χ2n) is 3.07. The molecule has 0 aromatic rings. The van der Waals surface area contributed by atoms with E-state index in [1.54, 1.807) is 0 Å². The van der Waals surface area contributed by atoms with Crippen LogP contribution in [0.3, 0.4) is 0 Å². The molecule has 52 valence electrons. The standard InChI is InChI=1S/C6H11FN2/c1-8-3-6-2-5(8)4-9(6)7/h5-6H,2-4H2,1H3. The first-order valence-electron chi connectivity index (χ1n) is 3.40. The van der Waals surface area contributed by atoms with Crippen LogP contribution in [0.5, 0.6) is 0 Å². The van der Waals surface area contributed by atoms with Gasteiger partial charge in [-0.25, -0.2) is 0 Å². The molecule has 0 aromatic heterocycles. The summed E-state index contributed by atoms with van der Waals surface area (Å²) >= 11 is 0. The molecule has 2 aliphatic heterocycles. The zero-order valence-electron chi connectivity index (χ0n) is 5.55. The minimum atomic E-state index is 0.208. The number of hydrogen-bond acceptors (Lipinski definition) is 2. The lowest BCUT2D eigenvalue weighted by molar-refractivity contribution is -0.0233. The Bertz CT molecular complexity index is 110. The summed E-state index contributed by atoms with van der Waals surface area (Å²) in [5, 5.41) is 0.977. The van der Waals surface area contributed by atoms with Crippen LogP contribution in [0.4, 0.5) is 4.48 Å². The summed E-state index contributed by atoms with van der Waals surface area (Å²) in [5.41, 5.74) is 0. The summed E-state index contributed by atoms with van der Waals surface area (Å²) in [5.74, 6) is 0. The first kappa shape index (κ1) is 5.62. The molecule has 2 nitrogen and oxygen atoms in total. The van der Waals surface area contributed by atoms with Crippen LogP contribution in [-0.4, -0.2) is 42.2 Å². The van der Waals surface area contributed by atoms with Gasteiger partial charge in [0, 0.05) is 19.1 Å². The van der Waals surface area contributed by atoms with Crippen LogP contribution in [0.2, 0.25) is 0 Å². The number of nitrogens with zero attached hydrogens (tertiary/aromatic N) is 2. The number of halogens is 1. The van der Waals surface area contributed by atoms with Crippen LogP contribution in [0, 0.1) is 0 Å².